The van der Waals surface area contributed by atoms with Gasteiger partial charge in [-0.1, -0.05) is 6.42 Å². The van der Waals surface area contributed by atoms with Gasteiger partial charge in [-0.15, -0.1) is 0 Å². The van der Waals surface area contributed by atoms with Crippen molar-refractivity contribution in [2.45, 2.75) is 38.8 Å². The molecule has 6 nitrogen and oxygen atoms in total. The van der Waals surface area contributed by atoms with Crippen LogP contribution in [-0.2, 0) is 6.54 Å². The van der Waals surface area contributed by atoms with Crippen LogP contribution in [0.3, 0.4) is 0 Å². The first-order valence-electron chi connectivity index (χ1n) is 7.62. The number of nitrogens with one attached hydrogen (secondary N) is 1. The van der Waals surface area contributed by atoms with Gasteiger partial charge >= 0.3 is 0 Å². The lowest BCUT2D eigenvalue weighted by atomic mass is 10.1. The second-order valence-corrected chi connectivity index (χ2v) is 5.51. The normalized spacial score (nSPS) is 17.5. The largest absolute Gasteiger partial charge is 0.481 e. The molecule has 118 valence electrons. The minimum absolute atomic E-state index is 0.401. The Morgan fingerprint density at radius 3 is 2.33 bits per heavy atom. The van der Waals surface area contributed by atoms with E-state index in [0.717, 1.165) is 12.1 Å². The predicted molar refractivity (Wildman–Crippen MR) is 81.7 cm³/mol. The number of likely N-dealkylation sites (tertiary alicyclic amines) is 1. The number of piperidine rings is 1. The molecule has 0 radical (unpaired) electrons. The van der Waals surface area contributed by atoms with Crippen molar-refractivity contribution in [1.29, 1.82) is 0 Å². The van der Waals surface area contributed by atoms with Gasteiger partial charge in [0.1, 0.15) is 6.33 Å². The van der Waals surface area contributed by atoms with Crippen LogP contribution in [0.5, 0.6) is 11.8 Å². The zero-order chi connectivity index (χ0) is 15.1. The van der Waals surface area contributed by atoms with E-state index in [1.165, 1.54) is 38.7 Å². The zero-order valence-corrected chi connectivity index (χ0v) is 13.3. The molecule has 2 heterocycles. The van der Waals surface area contributed by atoms with Crippen LogP contribution in [0.25, 0.3) is 0 Å². The molecular formula is C15H26N4O2. The van der Waals surface area contributed by atoms with Crippen molar-refractivity contribution in [3.8, 4) is 11.8 Å². The number of methoxy groups -OCH3 is 2. The van der Waals surface area contributed by atoms with E-state index in [1.807, 2.05) is 0 Å². The lowest BCUT2D eigenvalue weighted by molar-refractivity contribution is 0.208. The Balaban J connectivity index is 1.89. The van der Waals surface area contributed by atoms with Gasteiger partial charge in [-0.3, -0.25) is 0 Å². The highest BCUT2D eigenvalue weighted by Crippen LogP contribution is 2.23. The van der Waals surface area contributed by atoms with Gasteiger partial charge in [0.05, 0.1) is 19.8 Å². The molecule has 1 unspecified atom stereocenters. The number of nitrogens with zero attached hydrogens (tertiary/aromatic N) is 3. The van der Waals surface area contributed by atoms with Gasteiger partial charge in [0.2, 0.25) is 11.8 Å². The minimum atomic E-state index is 0.401. The van der Waals surface area contributed by atoms with Crippen molar-refractivity contribution in [3.05, 3.63) is 11.9 Å². The number of aromatic nitrogens is 2. The first-order valence-corrected chi connectivity index (χ1v) is 7.62. The molecule has 1 N–H and O–H groups in total. The Morgan fingerprint density at radius 1 is 1.14 bits per heavy atom. The van der Waals surface area contributed by atoms with E-state index >= 15 is 0 Å². The molecule has 0 bridgehead atoms. The Morgan fingerprint density at radius 2 is 1.76 bits per heavy atom. The zero-order valence-electron chi connectivity index (χ0n) is 13.3. The van der Waals surface area contributed by atoms with Crippen LogP contribution in [0.4, 0.5) is 0 Å². The summed E-state index contributed by atoms with van der Waals surface area (Å²) in [7, 11) is 3.23. The van der Waals surface area contributed by atoms with E-state index in [2.05, 4.69) is 27.1 Å². The van der Waals surface area contributed by atoms with Gasteiger partial charge < -0.3 is 19.7 Å². The van der Waals surface area contributed by atoms with Crippen LogP contribution in [0.1, 0.15) is 31.7 Å². The highest BCUT2D eigenvalue weighted by molar-refractivity contribution is 5.34. The first-order chi connectivity index (χ1) is 10.2. The van der Waals surface area contributed by atoms with E-state index in [1.54, 1.807) is 14.2 Å². The molecule has 0 aromatic carbocycles. The first kappa shape index (κ1) is 16.0. The van der Waals surface area contributed by atoms with Crippen molar-refractivity contribution in [1.82, 2.24) is 20.2 Å². The van der Waals surface area contributed by atoms with E-state index in [0.29, 0.717) is 24.3 Å². The molecule has 1 aliphatic heterocycles. The molecule has 1 saturated heterocycles. The highest BCUT2D eigenvalue weighted by Gasteiger charge is 2.16. The van der Waals surface area contributed by atoms with Gasteiger partial charge in [0.25, 0.3) is 0 Å². The second kappa shape index (κ2) is 8.14. The summed E-state index contributed by atoms with van der Waals surface area (Å²) in [5.74, 6) is 1.14. The molecule has 1 atom stereocenters. The molecule has 0 amide bonds. The molecular weight excluding hydrogens is 268 g/mol. The lowest BCUT2D eigenvalue weighted by Gasteiger charge is -2.29. The van der Waals surface area contributed by atoms with E-state index in [9.17, 15) is 0 Å². The van der Waals surface area contributed by atoms with Crippen molar-refractivity contribution >= 4 is 0 Å². The van der Waals surface area contributed by atoms with Gasteiger partial charge in [-0.25, -0.2) is 9.97 Å². The Labute approximate surface area is 126 Å². The molecule has 1 aromatic rings. The summed E-state index contributed by atoms with van der Waals surface area (Å²) in [4.78, 5) is 10.8. The van der Waals surface area contributed by atoms with Crippen LogP contribution in [0, 0.1) is 0 Å². The van der Waals surface area contributed by atoms with Crippen molar-refractivity contribution < 1.29 is 9.47 Å². The SMILES string of the molecule is COc1ncnc(OC)c1CNC(C)CN1CCCCC1. The Bertz CT molecular complexity index is 413. The van der Waals surface area contributed by atoms with Crippen molar-refractivity contribution in [2.24, 2.45) is 0 Å². The smallest absolute Gasteiger partial charge is 0.224 e. The van der Waals surface area contributed by atoms with E-state index in [4.69, 9.17) is 9.47 Å². The van der Waals surface area contributed by atoms with Crippen LogP contribution >= 0.6 is 0 Å². The quantitative estimate of drug-likeness (QED) is 0.821. The van der Waals surface area contributed by atoms with E-state index < -0.39 is 0 Å². The third-order valence-corrected chi connectivity index (χ3v) is 3.86. The van der Waals surface area contributed by atoms with Gasteiger partial charge in [-0.05, 0) is 32.9 Å². The van der Waals surface area contributed by atoms with Crippen LogP contribution in [-0.4, -0.2) is 54.8 Å². The topological polar surface area (TPSA) is 59.5 Å². The highest BCUT2D eigenvalue weighted by atomic mass is 16.5. The predicted octanol–water partition coefficient (Wildman–Crippen LogP) is 1.46. The molecule has 1 fully saturated rings. The van der Waals surface area contributed by atoms with Crippen molar-refractivity contribution in [3.63, 3.8) is 0 Å². The molecule has 0 spiro atoms. The summed E-state index contributed by atoms with van der Waals surface area (Å²) in [6.45, 7) is 6.35. The molecule has 1 aromatic heterocycles. The van der Waals surface area contributed by atoms with Crippen LogP contribution < -0.4 is 14.8 Å². The third-order valence-electron chi connectivity index (χ3n) is 3.86. The van der Waals surface area contributed by atoms with E-state index in [-0.39, 0.29) is 0 Å². The molecule has 21 heavy (non-hydrogen) atoms. The molecule has 0 saturated carbocycles. The standard InChI is InChI=1S/C15H26N4O2/c1-12(10-19-7-5-4-6-8-19)16-9-13-14(20-2)17-11-18-15(13)21-3/h11-12,16H,4-10H2,1-3H3. The summed E-state index contributed by atoms with van der Waals surface area (Å²) in [5.41, 5.74) is 0.869. The van der Waals surface area contributed by atoms with Gasteiger partial charge in [-0.2, -0.15) is 0 Å². The third kappa shape index (κ3) is 4.54. The molecule has 0 aliphatic carbocycles. The summed E-state index contributed by atoms with van der Waals surface area (Å²) < 4.78 is 10.6. The fraction of sp³-hybridized carbons (Fsp3) is 0.733. The summed E-state index contributed by atoms with van der Waals surface area (Å²) in [6, 6.07) is 0.401. The van der Waals surface area contributed by atoms with Gasteiger partial charge in [0, 0.05) is 19.1 Å². The average Bonchev–Trinajstić information content (AvgIpc) is 2.53. The fourth-order valence-corrected chi connectivity index (χ4v) is 2.75. The Kier molecular flexibility index (Phi) is 6.20. The second-order valence-electron chi connectivity index (χ2n) is 5.51. The van der Waals surface area contributed by atoms with Crippen LogP contribution in [0.15, 0.2) is 6.33 Å². The molecule has 6 heteroatoms. The maximum absolute atomic E-state index is 5.29. The minimum Gasteiger partial charge on any atom is -0.481 e. The lowest BCUT2D eigenvalue weighted by Crippen LogP contribution is -2.41. The number of hydrogen-bond acceptors (Lipinski definition) is 6. The number of hydrogen-bond donors (Lipinski definition) is 1. The van der Waals surface area contributed by atoms with Crippen LogP contribution in [0.2, 0.25) is 0 Å². The summed E-state index contributed by atoms with van der Waals surface area (Å²) >= 11 is 0. The average molecular weight is 294 g/mol. The summed E-state index contributed by atoms with van der Waals surface area (Å²) in [5, 5.41) is 3.51. The number of ether oxygens (including phenoxy) is 2. The Hall–Kier alpha value is -1.40. The van der Waals surface area contributed by atoms with Crippen molar-refractivity contribution in [2.75, 3.05) is 33.9 Å². The maximum atomic E-state index is 5.29. The maximum Gasteiger partial charge on any atom is 0.224 e. The fourth-order valence-electron chi connectivity index (χ4n) is 2.75. The number of rotatable bonds is 7. The monoisotopic (exact) mass is 294 g/mol. The summed E-state index contributed by atoms with van der Waals surface area (Å²) in [6.07, 6.45) is 5.47. The molecule has 1 aliphatic rings. The molecule has 2 rings (SSSR count). The van der Waals surface area contributed by atoms with Gasteiger partial charge in [0.15, 0.2) is 0 Å².